The van der Waals surface area contributed by atoms with Crippen LogP contribution in [0.4, 0.5) is 0 Å². The molecule has 1 aromatic carbocycles. The molecule has 0 fully saturated rings. The number of benzene rings is 1. The summed E-state index contributed by atoms with van der Waals surface area (Å²) in [6.45, 7) is 1.61. The molecular formula is C14H4Cl4N2O. The third-order valence-electron chi connectivity index (χ3n) is 3.02. The Morgan fingerprint density at radius 2 is 1.43 bits per heavy atom. The van der Waals surface area contributed by atoms with Crippen molar-refractivity contribution < 1.29 is 4.79 Å². The fourth-order valence-electron chi connectivity index (χ4n) is 2.13. The molecule has 7 heteroatoms. The zero-order valence-electron chi connectivity index (χ0n) is 10.4. The Balaban J connectivity index is 3.10. The second kappa shape index (κ2) is 5.72. The number of hydrogen-bond acceptors (Lipinski definition) is 3. The smallest absolute Gasteiger partial charge is 0.195 e. The van der Waals surface area contributed by atoms with E-state index in [1.807, 2.05) is 0 Å². The van der Waals surface area contributed by atoms with E-state index in [9.17, 15) is 4.79 Å². The van der Waals surface area contributed by atoms with Gasteiger partial charge in [0, 0.05) is 16.7 Å². The summed E-state index contributed by atoms with van der Waals surface area (Å²) >= 11 is 24.2. The van der Waals surface area contributed by atoms with Crippen LogP contribution in [-0.2, 0) is 0 Å². The topological polar surface area (TPSA) is 64.7 Å². The summed E-state index contributed by atoms with van der Waals surface area (Å²) in [5, 5.41) is 18.1. The van der Waals surface area contributed by atoms with Crippen LogP contribution in [0.1, 0.15) is 22.8 Å². The van der Waals surface area contributed by atoms with Crippen molar-refractivity contribution in [2.24, 2.45) is 0 Å². The van der Waals surface area contributed by atoms with Crippen LogP contribution in [0.25, 0.3) is 5.57 Å². The highest BCUT2D eigenvalue weighted by Gasteiger charge is 2.38. The van der Waals surface area contributed by atoms with E-state index in [0.717, 1.165) is 0 Å². The quantitative estimate of drug-likeness (QED) is 0.276. The molecule has 1 aromatic rings. The van der Waals surface area contributed by atoms with E-state index < -0.39 is 5.78 Å². The van der Waals surface area contributed by atoms with Crippen molar-refractivity contribution in [3.63, 3.8) is 0 Å². The Bertz CT molecular complexity index is 822. The summed E-state index contributed by atoms with van der Waals surface area (Å²) in [4.78, 5) is 12.4. The first-order valence-corrected chi connectivity index (χ1v) is 7.04. The molecule has 0 amide bonds. The number of halogens is 4. The lowest BCUT2D eigenvalue weighted by molar-refractivity contribution is 0.104. The molecule has 0 saturated heterocycles. The lowest BCUT2D eigenvalue weighted by Gasteiger charge is -2.09. The van der Waals surface area contributed by atoms with Crippen molar-refractivity contribution in [2.45, 2.75) is 6.92 Å². The number of nitrogens with zero attached hydrogens (tertiary/aromatic N) is 2. The van der Waals surface area contributed by atoms with Crippen LogP contribution in [0.3, 0.4) is 0 Å². The number of carbonyl (C=O) groups is 1. The molecule has 0 bridgehead atoms. The van der Waals surface area contributed by atoms with E-state index in [1.54, 1.807) is 19.1 Å². The van der Waals surface area contributed by atoms with Gasteiger partial charge in [0.1, 0.15) is 17.7 Å². The molecule has 0 unspecified atom stereocenters. The first-order chi connectivity index (χ1) is 9.90. The summed E-state index contributed by atoms with van der Waals surface area (Å²) in [5.41, 5.74) is 0.291. The normalized spacial score (nSPS) is 14.9. The Morgan fingerprint density at radius 3 is 1.86 bits per heavy atom. The van der Waals surface area contributed by atoms with Gasteiger partial charge in [0.2, 0.25) is 0 Å². The van der Waals surface area contributed by atoms with Gasteiger partial charge in [0.05, 0.1) is 25.7 Å². The fraction of sp³-hybridized carbons (Fsp3) is 0.0714. The SMILES string of the molecule is C/C=C1/C(=O)c2c(Cl)c(Cl)c(Cl)c(Cl)c2C1=C(C#N)C#N. The average Bonchev–Trinajstić information content (AvgIpc) is 2.77. The molecule has 1 aliphatic rings. The van der Waals surface area contributed by atoms with E-state index in [1.165, 1.54) is 6.08 Å². The molecule has 0 aliphatic heterocycles. The van der Waals surface area contributed by atoms with E-state index in [0.29, 0.717) is 0 Å². The van der Waals surface area contributed by atoms with Crippen molar-refractivity contribution in [1.82, 2.24) is 0 Å². The molecule has 104 valence electrons. The molecule has 0 heterocycles. The number of rotatable bonds is 0. The van der Waals surface area contributed by atoms with Crippen LogP contribution in [0.5, 0.6) is 0 Å². The maximum absolute atomic E-state index is 12.4. The lowest BCUT2D eigenvalue weighted by atomic mass is 9.99. The van der Waals surface area contributed by atoms with Gasteiger partial charge in [-0.2, -0.15) is 10.5 Å². The summed E-state index contributed by atoms with van der Waals surface area (Å²) < 4.78 is 0. The summed E-state index contributed by atoms with van der Waals surface area (Å²) in [7, 11) is 0. The Kier molecular flexibility index (Phi) is 4.33. The van der Waals surface area contributed by atoms with Gasteiger partial charge in [-0.3, -0.25) is 4.79 Å². The monoisotopic (exact) mass is 356 g/mol. The van der Waals surface area contributed by atoms with Gasteiger partial charge in [-0.1, -0.05) is 52.5 Å². The molecule has 0 atom stereocenters. The van der Waals surface area contributed by atoms with Crippen LogP contribution in [0.2, 0.25) is 20.1 Å². The average molecular weight is 358 g/mol. The highest BCUT2D eigenvalue weighted by Crippen LogP contribution is 2.51. The minimum Gasteiger partial charge on any atom is -0.289 e. The second-order valence-electron chi connectivity index (χ2n) is 4.01. The van der Waals surface area contributed by atoms with Crippen molar-refractivity contribution in [1.29, 1.82) is 10.5 Å². The fourth-order valence-corrected chi connectivity index (χ4v) is 3.17. The predicted molar refractivity (Wildman–Crippen MR) is 82.7 cm³/mol. The number of fused-ring (bicyclic) bond motifs is 1. The van der Waals surface area contributed by atoms with Crippen LogP contribution >= 0.6 is 46.4 Å². The number of hydrogen-bond donors (Lipinski definition) is 0. The van der Waals surface area contributed by atoms with E-state index >= 15 is 0 Å². The van der Waals surface area contributed by atoms with E-state index in [2.05, 4.69) is 0 Å². The van der Waals surface area contributed by atoms with Gasteiger partial charge >= 0.3 is 0 Å². The van der Waals surface area contributed by atoms with Crippen molar-refractivity contribution in [2.75, 3.05) is 0 Å². The lowest BCUT2D eigenvalue weighted by Crippen LogP contribution is -1.97. The van der Waals surface area contributed by atoms with Crippen LogP contribution in [0.15, 0.2) is 17.2 Å². The first kappa shape index (κ1) is 15.9. The molecule has 0 spiro atoms. The number of Topliss-reactive ketones (excluding diaryl/α,β-unsaturated/α-hetero) is 1. The minimum atomic E-state index is -0.448. The van der Waals surface area contributed by atoms with Crippen LogP contribution < -0.4 is 0 Å². The molecule has 3 nitrogen and oxygen atoms in total. The molecule has 0 radical (unpaired) electrons. The summed E-state index contributed by atoms with van der Waals surface area (Å²) in [6.07, 6.45) is 1.49. The molecule has 21 heavy (non-hydrogen) atoms. The van der Waals surface area contributed by atoms with Gasteiger partial charge in [-0.05, 0) is 6.92 Å². The molecule has 0 saturated carbocycles. The van der Waals surface area contributed by atoms with E-state index in [-0.39, 0.29) is 47.9 Å². The Labute approximate surface area is 140 Å². The third kappa shape index (κ3) is 2.14. The van der Waals surface area contributed by atoms with Gasteiger partial charge < -0.3 is 0 Å². The zero-order valence-corrected chi connectivity index (χ0v) is 13.4. The molecule has 0 aromatic heterocycles. The standard InChI is InChI=1S/C14H4Cl4N2O/c1-2-6-7(5(3-19)4-20)8-9(14(6)21)11(16)13(18)12(17)10(8)15/h2H,1H3/b6-2+. The largest absolute Gasteiger partial charge is 0.289 e. The number of carbonyl (C=O) groups excluding carboxylic acids is 1. The summed E-state index contributed by atoms with van der Waals surface area (Å²) in [5.74, 6) is -0.448. The molecule has 1 aliphatic carbocycles. The predicted octanol–water partition coefficient (Wildman–Crippen LogP) is 5.24. The summed E-state index contributed by atoms with van der Waals surface area (Å²) in [6, 6.07) is 3.50. The van der Waals surface area contributed by atoms with Gasteiger partial charge in [-0.15, -0.1) is 0 Å². The first-order valence-electron chi connectivity index (χ1n) is 5.52. The highest BCUT2D eigenvalue weighted by molar-refractivity contribution is 6.55. The van der Waals surface area contributed by atoms with Crippen LogP contribution in [0, 0.1) is 22.7 Å². The molecular weight excluding hydrogens is 354 g/mol. The maximum atomic E-state index is 12.4. The second-order valence-corrected chi connectivity index (χ2v) is 5.52. The van der Waals surface area contributed by atoms with Gasteiger partial charge in [0.15, 0.2) is 5.78 Å². The van der Waals surface area contributed by atoms with Crippen molar-refractivity contribution >= 4 is 57.8 Å². The third-order valence-corrected chi connectivity index (χ3v) is 4.82. The van der Waals surface area contributed by atoms with E-state index in [4.69, 9.17) is 56.9 Å². The highest BCUT2D eigenvalue weighted by atomic mass is 35.5. The number of allylic oxidation sites excluding steroid dienone is 4. The zero-order chi connectivity index (χ0) is 15.9. The number of ketones is 1. The Morgan fingerprint density at radius 1 is 0.952 bits per heavy atom. The van der Waals surface area contributed by atoms with Crippen LogP contribution in [-0.4, -0.2) is 5.78 Å². The van der Waals surface area contributed by atoms with Gasteiger partial charge in [0.25, 0.3) is 0 Å². The molecule has 2 rings (SSSR count). The minimum absolute atomic E-state index is 0.00994. The maximum Gasteiger partial charge on any atom is 0.195 e. The van der Waals surface area contributed by atoms with Crippen molar-refractivity contribution in [3.8, 4) is 12.1 Å². The number of nitriles is 2. The Hall–Kier alpha value is -1.49. The van der Waals surface area contributed by atoms with Crippen molar-refractivity contribution in [3.05, 3.63) is 48.4 Å². The van der Waals surface area contributed by atoms with Gasteiger partial charge in [-0.25, -0.2) is 0 Å². The molecule has 0 N–H and O–H groups in total.